The van der Waals surface area contributed by atoms with Gasteiger partial charge in [0, 0.05) is 18.7 Å². The van der Waals surface area contributed by atoms with Crippen LogP contribution in [0.2, 0.25) is 0 Å². The van der Waals surface area contributed by atoms with Crippen LogP contribution in [0.1, 0.15) is 32.8 Å². The Morgan fingerprint density at radius 1 is 1.14 bits per heavy atom. The molecule has 21 heavy (non-hydrogen) atoms. The lowest BCUT2D eigenvalue weighted by atomic mass is 9.94. The molecule has 1 aromatic rings. The maximum absolute atomic E-state index is 11.9. The first-order valence-electron chi connectivity index (χ1n) is 7.01. The molecule has 0 bridgehead atoms. The quantitative estimate of drug-likeness (QED) is 0.811. The molecule has 0 spiro atoms. The van der Waals surface area contributed by atoms with Crippen LogP contribution in [0.5, 0.6) is 0 Å². The largest absolute Gasteiger partial charge is 0.326 e. The number of hydrogen-bond acceptors (Lipinski definition) is 3. The molecule has 1 unspecified atom stereocenters. The summed E-state index contributed by atoms with van der Waals surface area (Å²) in [5, 5.41) is 2.85. The third-order valence-electron chi connectivity index (χ3n) is 3.42. The van der Waals surface area contributed by atoms with Crippen molar-refractivity contribution in [2.24, 2.45) is 11.8 Å². The van der Waals surface area contributed by atoms with Crippen LogP contribution in [0.4, 0.5) is 5.69 Å². The summed E-state index contributed by atoms with van der Waals surface area (Å²) in [7, 11) is -3.19. The third kappa shape index (κ3) is 7.24. The predicted molar refractivity (Wildman–Crippen MR) is 85.4 cm³/mol. The molecular weight excluding hydrogens is 288 g/mol. The zero-order chi connectivity index (χ0) is 16.0. The molecule has 0 aliphatic rings. The second kappa shape index (κ2) is 7.56. The van der Waals surface area contributed by atoms with Crippen LogP contribution in [0.3, 0.4) is 0 Å². The first kappa shape index (κ1) is 17.7. The molecule has 2 N–H and O–H groups in total. The van der Waals surface area contributed by atoms with E-state index in [9.17, 15) is 13.2 Å². The van der Waals surface area contributed by atoms with Crippen LogP contribution in [0, 0.1) is 11.8 Å². The van der Waals surface area contributed by atoms with Crippen molar-refractivity contribution in [3.63, 3.8) is 0 Å². The molecule has 0 fully saturated rings. The van der Waals surface area contributed by atoms with Crippen molar-refractivity contribution in [3.05, 3.63) is 29.8 Å². The smallest absolute Gasteiger partial charge is 0.224 e. The number of hydrogen-bond donors (Lipinski definition) is 2. The van der Waals surface area contributed by atoms with Crippen LogP contribution in [-0.4, -0.2) is 20.6 Å². The summed E-state index contributed by atoms with van der Waals surface area (Å²) in [5.74, 6) is 0.807. The minimum absolute atomic E-state index is 0.00166. The standard InChI is InChI=1S/C15H24N2O3S/c1-11(2)12(3)9-15(18)17-14-7-5-13(6-8-14)10-16-21(4,19)20/h5-8,11-12,16H,9-10H2,1-4H3,(H,17,18). The van der Waals surface area contributed by atoms with Gasteiger partial charge in [0.15, 0.2) is 0 Å². The van der Waals surface area contributed by atoms with Gasteiger partial charge >= 0.3 is 0 Å². The van der Waals surface area contributed by atoms with E-state index in [1.165, 1.54) is 0 Å². The normalized spacial score (nSPS) is 13.2. The van der Waals surface area contributed by atoms with Crippen LogP contribution in [0.25, 0.3) is 0 Å². The van der Waals surface area contributed by atoms with E-state index in [0.29, 0.717) is 18.3 Å². The first-order chi connectivity index (χ1) is 9.67. The van der Waals surface area contributed by atoms with Crippen molar-refractivity contribution in [2.75, 3.05) is 11.6 Å². The average molecular weight is 312 g/mol. The second-order valence-corrected chi connectivity index (χ2v) is 7.60. The maximum atomic E-state index is 11.9. The van der Waals surface area contributed by atoms with Gasteiger partial charge in [0.05, 0.1) is 6.26 Å². The van der Waals surface area contributed by atoms with E-state index >= 15 is 0 Å². The molecule has 0 aliphatic heterocycles. The molecule has 0 saturated heterocycles. The van der Waals surface area contributed by atoms with E-state index in [1.54, 1.807) is 24.3 Å². The highest BCUT2D eigenvalue weighted by Gasteiger charge is 2.12. The molecule has 6 heteroatoms. The fraction of sp³-hybridized carbons (Fsp3) is 0.533. The number of sulfonamides is 1. The summed E-state index contributed by atoms with van der Waals surface area (Å²) >= 11 is 0. The Morgan fingerprint density at radius 3 is 2.19 bits per heavy atom. The second-order valence-electron chi connectivity index (χ2n) is 5.76. The topological polar surface area (TPSA) is 75.3 Å². The van der Waals surface area contributed by atoms with Crippen molar-refractivity contribution < 1.29 is 13.2 Å². The van der Waals surface area contributed by atoms with E-state index in [4.69, 9.17) is 0 Å². The monoisotopic (exact) mass is 312 g/mol. The number of amides is 1. The molecule has 1 amide bonds. The number of rotatable bonds is 7. The molecule has 0 saturated carbocycles. The van der Waals surface area contributed by atoms with E-state index in [1.807, 2.05) is 0 Å². The lowest BCUT2D eigenvalue weighted by Gasteiger charge is -2.15. The van der Waals surface area contributed by atoms with Gasteiger partial charge < -0.3 is 5.32 Å². The number of carbonyl (C=O) groups is 1. The van der Waals surface area contributed by atoms with E-state index in [2.05, 4.69) is 30.8 Å². The number of nitrogens with one attached hydrogen (secondary N) is 2. The van der Waals surface area contributed by atoms with E-state index < -0.39 is 10.0 Å². The predicted octanol–water partition coefficient (Wildman–Crippen LogP) is 2.36. The van der Waals surface area contributed by atoms with Crippen molar-refractivity contribution in [1.82, 2.24) is 4.72 Å². The summed E-state index contributed by atoms with van der Waals surface area (Å²) < 4.78 is 24.4. The Labute approximate surface area is 127 Å². The zero-order valence-electron chi connectivity index (χ0n) is 13.0. The van der Waals surface area contributed by atoms with Gasteiger partial charge in [-0.3, -0.25) is 4.79 Å². The van der Waals surface area contributed by atoms with Crippen molar-refractivity contribution in [1.29, 1.82) is 0 Å². The first-order valence-corrected chi connectivity index (χ1v) is 8.90. The molecular formula is C15H24N2O3S. The summed E-state index contributed by atoms with van der Waals surface area (Å²) in [6, 6.07) is 7.13. The fourth-order valence-electron chi connectivity index (χ4n) is 1.66. The molecule has 1 rings (SSSR count). The van der Waals surface area contributed by atoms with Gasteiger partial charge in [0.25, 0.3) is 0 Å². The molecule has 1 aromatic carbocycles. The number of anilines is 1. The Hall–Kier alpha value is -1.40. The number of benzene rings is 1. The van der Waals surface area contributed by atoms with Gasteiger partial charge in [0.2, 0.25) is 15.9 Å². The summed E-state index contributed by atoms with van der Waals surface area (Å²) in [5.41, 5.74) is 1.56. The van der Waals surface area contributed by atoms with Crippen LogP contribution in [-0.2, 0) is 21.4 Å². The van der Waals surface area contributed by atoms with E-state index in [0.717, 1.165) is 17.5 Å². The van der Waals surface area contributed by atoms with Crippen molar-refractivity contribution >= 4 is 21.6 Å². The maximum Gasteiger partial charge on any atom is 0.224 e. The minimum Gasteiger partial charge on any atom is -0.326 e. The third-order valence-corrected chi connectivity index (χ3v) is 4.09. The summed E-state index contributed by atoms with van der Waals surface area (Å²) in [4.78, 5) is 11.9. The Morgan fingerprint density at radius 2 is 1.71 bits per heavy atom. The highest BCUT2D eigenvalue weighted by molar-refractivity contribution is 7.88. The Bertz CT molecular complexity index is 565. The van der Waals surface area contributed by atoms with Gasteiger partial charge in [-0.2, -0.15) is 0 Å². The van der Waals surface area contributed by atoms with Gasteiger partial charge in [-0.15, -0.1) is 0 Å². The summed E-state index contributed by atoms with van der Waals surface area (Å²) in [6.07, 6.45) is 1.62. The SMILES string of the molecule is CC(C)C(C)CC(=O)Nc1ccc(CNS(C)(=O)=O)cc1. The van der Waals surface area contributed by atoms with Gasteiger partial charge in [-0.1, -0.05) is 32.9 Å². The highest BCUT2D eigenvalue weighted by Crippen LogP contribution is 2.16. The molecule has 5 nitrogen and oxygen atoms in total. The molecule has 0 aromatic heterocycles. The Kier molecular flexibility index (Phi) is 6.36. The average Bonchev–Trinajstić information content (AvgIpc) is 2.36. The molecule has 1 atom stereocenters. The molecule has 0 aliphatic carbocycles. The van der Waals surface area contributed by atoms with Crippen LogP contribution < -0.4 is 10.0 Å². The van der Waals surface area contributed by atoms with Gasteiger partial charge in [-0.25, -0.2) is 13.1 Å². The molecule has 118 valence electrons. The minimum atomic E-state index is -3.19. The van der Waals surface area contributed by atoms with Gasteiger partial charge in [-0.05, 0) is 29.5 Å². The summed E-state index contributed by atoms with van der Waals surface area (Å²) in [6.45, 7) is 6.50. The lowest BCUT2D eigenvalue weighted by Crippen LogP contribution is -2.21. The van der Waals surface area contributed by atoms with Crippen LogP contribution in [0.15, 0.2) is 24.3 Å². The van der Waals surface area contributed by atoms with Gasteiger partial charge in [0.1, 0.15) is 0 Å². The molecule has 0 heterocycles. The Balaban J connectivity index is 2.53. The highest BCUT2D eigenvalue weighted by atomic mass is 32.2. The van der Waals surface area contributed by atoms with E-state index in [-0.39, 0.29) is 12.5 Å². The zero-order valence-corrected chi connectivity index (χ0v) is 13.8. The lowest BCUT2D eigenvalue weighted by molar-refractivity contribution is -0.117. The van der Waals surface area contributed by atoms with Crippen molar-refractivity contribution in [2.45, 2.75) is 33.7 Å². The van der Waals surface area contributed by atoms with Crippen LogP contribution >= 0.6 is 0 Å². The number of carbonyl (C=O) groups excluding carboxylic acids is 1. The van der Waals surface area contributed by atoms with Crippen molar-refractivity contribution in [3.8, 4) is 0 Å². The molecule has 0 radical (unpaired) electrons. The fourth-order valence-corrected chi connectivity index (χ4v) is 2.09.